The van der Waals surface area contributed by atoms with Gasteiger partial charge < -0.3 is 14.6 Å². The highest BCUT2D eigenvalue weighted by Crippen LogP contribution is 2.14. The Kier molecular flexibility index (Phi) is 6.48. The lowest BCUT2D eigenvalue weighted by Crippen LogP contribution is -2.27. The van der Waals surface area contributed by atoms with Gasteiger partial charge in [-0.25, -0.2) is 0 Å². The molecule has 0 saturated carbocycles. The van der Waals surface area contributed by atoms with Crippen LogP contribution in [0.1, 0.15) is 30.8 Å². The van der Waals surface area contributed by atoms with Gasteiger partial charge in [-0.05, 0) is 32.8 Å². The van der Waals surface area contributed by atoms with Crippen molar-refractivity contribution < 1.29 is 14.6 Å². The summed E-state index contributed by atoms with van der Waals surface area (Å²) in [7, 11) is 1.64. The van der Waals surface area contributed by atoms with Gasteiger partial charge in [0.05, 0.1) is 37.7 Å². The van der Waals surface area contributed by atoms with Gasteiger partial charge >= 0.3 is 0 Å². The van der Waals surface area contributed by atoms with E-state index in [0.717, 1.165) is 17.8 Å². The van der Waals surface area contributed by atoms with Crippen LogP contribution in [-0.2, 0) is 22.4 Å². The Morgan fingerprint density at radius 1 is 1.32 bits per heavy atom. The lowest BCUT2D eigenvalue weighted by Gasteiger charge is -2.16. The van der Waals surface area contributed by atoms with E-state index in [1.165, 1.54) is 5.56 Å². The summed E-state index contributed by atoms with van der Waals surface area (Å²) in [5.74, 6) is 0. The number of rotatable bonds is 8. The molecule has 2 atom stereocenters. The van der Waals surface area contributed by atoms with Crippen molar-refractivity contribution in [3.8, 4) is 0 Å². The fourth-order valence-corrected chi connectivity index (χ4v) is 2.23. The zero-order valence-electron chi connectivity index (χ0n) is 12.6. The molecule has 1 N–H and O–H groups in total. The van der Waals surface area contributed by atoms with Crippen LogP contribution in [0.15, 0.2) is 0 Å². The standard InChI is InChI=1S/C14H26N2O3/c1-6-14-11(3)15-16(12(14)4)7-13(17)9-19-10(2)8-18-5/h10,13,17H,6-9H2,1-5H3. The molecule has 5 nitrogen and oxygen atoms in total. The van der Waals surface area contributed by atoms with Gasteiger partial charge in [-0.2, -0.15) is 5.10 Å². The highest BCUT2D eigenvalue weighted by molar-refractivity contribution is 5.24. The van der Waals surface area contributed by atoms with Crippen LogP contribution in [-0.4, -0.2) is 47.4 Å². The third kappa shape index (κ3) is 4.60. The summed E-state index contributed by atoms with van der Waals surface area (Å²) in [5, 5.41) is 14.5. The molecule has 0 spiro atoms. The van der Waals surface area contributed by atoms with E-state index in [0.29, 0.717) is 19.8 Å². The van der Waals surface area contributed by atoms with Gasteiger partial charge in [0.2, 0.25) is 0 Å². The molecule has 1 aromatic rings. The summed E-state index contributed by atoms with van der Waals surface area (Å²) in [6, 6.07) is 0. The van der Waals surface area contributed by atoms with Crippen molar-refractivity contribution in [1.82, 2.24) is 9.78 Å². The Bertz CT molecular complexity index is 390. The number of aryl methyl sites for hydroxylation is 1. The van der Waals surface area contributed by atoms with E-state index in [1.54, 1.807) is 7.11 Å². The van der Waals surface area contributed by atoms with Gasteiger partial charge in [-0.3, -0.25) is 4.68 Å². The van der Waals surface area contributed by atoms with E-state index in [2.05, 4.69) is 12.0 Å². The first kappa shape index (κ1) is 16.1. The minimum absolute atomic E-state index is 0.00805. The number of aliphatic hydroxyl groups is 1. The first-order valence-corrected chi connectivity index (χ1v) is 6.81. The fraction of sp³-hybridized carbons (Fsp3) is 0.786. The number of methoxy groups -OCH3 is 1. The summed E-state index contributed by atoms with van der Waals surface area (Å²) >= 11 is 0. The normalized spacial score (nSPS) is 14.6. The number of aromatic nitrogens is 2. The third-order valence-corrected chi connectivity index (χ3v) is 3.24. The maximum absolute atomic E-state index is 9.99. The summed E-state index contributed by atoms with van der Waals surface area (Å²) in [6.07, 6.45) is 0.406. The predicted molar refractivity (Wildman–Crippen MR) is 74.4 cm³/mol. The highest BCUT2D eigenvalue weighted by atomic mass is 16.5. The van der Waals surface area contributed by atoms with Crippen molar-refractivity contribution in [2.45, 2.75) is 52.9 Å². The van der Waals surface area contributed by atoms with Crippen molar-refractivity contribution >= 4 is 0 Å². The van der Waals surface area contributed by atoms with E-state index >= 15 is 0 Å². The number of hydrogen-bond acceptors (Lipinski definition) is 4. The van der Waals surface area contributed by atoms with Crippen LogP contribution in [0.3, 0.4) is 0 Å². The maximum atomic E-state index is 9.99. The molecular formula is C14H26N2O3. The van der Waals surface area contributed by atoms with Gasteiger partial charge in [-0.1, -0.05) is 6.92 Å². The Balaban J connectivity index is 2.50. The predicted octanol–water partition coefficient (Wildman–Crippen LogP) is 1.47. The average Bonchev–Trinajstić information content (AvgIpc) is 2.62. The fourth-order valence-electron chi connectivity index (χ4n) is 2.23. The van der Waals surface area contributed by atoms with Crippen LogP contribution in [0, 0.1) is 13.8 Å². The zero-order chi connectivity index (χ0) is 14.4. The molecule has 19 heavy (non-hydrogen) atoms. The number of aliphatic hydroxyl groups excluding tert-OH is 1. The molecule has 0 amide bonds. The molecule has 0 saturated heterocycles. The Morgan fingerprint density at radius 2 is 2.00 bits per heavy atom. The number of hydrogen-bond donors (Lipinski definition) is 1. The molecule has 1 aromatic heterocycles. The van der Waals surface area contributed by atoms with Crippen molar-refractivity contribution in [1.29, 1.82) is 0 Å². The topological polar surface area (TPSA) is 56.5 Å². The van der Waals surface area contributed by atoms with Crippen LogP contribution >= 0.6 is 0 Å². The van der Waals surface area contributed by atoms with Gasteiger partial charge in [0.25, 0.3) is 0 Å². The molecular weight excluding hydrogens is 244 g/mol. The molecule has 0 aromatic carbocycles. The summed E-state index contributed by atoms with van der Waals surface area (Å²) in [6.45, 7) is 9.39. The van der Waals surface area contributed by atoms with Crippen molar-refractivity contribution in [2.75, 3.05) is 20.3 Å². The molecule has 2 unspecified atom stereocenters. The second-order valence-corrected chi connectivity index (χ2v) is 4.94. The summed E-state index contributed by atoms with van der Waals surface area (Å²) in [4.78, 5) is 0. The third-order valence-electron chi connectivity index (χ3n) is 3.24. The molecule has 5 heteroatoms. The van der Waals surface area contributed by atoms with E-state index in [4.69, 9.17) is 9.47 Å². The average molecular weight is 270 g/mol. The monoisotopic (exact) mass is 270 g/mol. The molecule has 0 aliphatic rings. The molecule has 1 heterocycles. The quantitative estimate of drug-likeness (QED) is 0.777. The van der Waals surface area contributed by atoms with Gasteiger partial charge in [0.1, 0.15) is 0 Å². The van der Waals surface area contributed by atoms with Gasteiger partial charge in [0.15, 0.2) is 0 Å². The van der Waals surface area contributed by atoms with E-state index in [9.17, 15) is 5.11 Å². The lowest BCUT2D eigenvalue weighted by atomic mass is 10.1. The molecule has 0 bridgehead atoms. The van der Waals surface area contributed by atoms with Gasteiger partial charge in [-0.15, -0.1) is 0 Å². The van der Waals surface area contributed by atoms with Crippen molar-refractivity contribution in [2.24, 2.45) is 0 Å². The molecule has 0 fully saturated rings. The molecule has 1 rings (SSSR count). The van der Waals surface area contributed by atoms with E-state index in [-0.39, 0.29) is 6.10 Å². The first-order chi connectivity index (χ1) is 8.99. The Labute approximate surface area is 115 Å². The Hall–Kier alpha value is -0.910. The summed E-state index contributed by atoms with van der Waals surface area (Å²) < 4.78 is 12.4. The Morgan fingerprint density at radius 3 is 2.53 bits per heavy atom. The number of ether oxygens (including phenoxy) is 2. The molecule has 0 aliphatic heterocycles. The van der Waals surface area contributed by atoms with Crippen LogP contribution in [0.5, 0.6) is 0 Å². The lowest BCUT2D eigenvalue weighted by molar-refractivity contribution is -0.0365. The van der Waals surface area contributed by atoms with Crippen molar-refractivity contribution in [3.05, 3.63) is 17.0 Å². The number of nitrogens with zero attached hydrogens (tertiary/aromatic N) is 2. The zero-order valence-corrected chi connectivity index (χ0v) is 12.6. The minimum Gasteiger partial charge on any atom is -0.389 e. The SMILES string of the molecule is CCc1c(C)nn(CC(O)COC(C)COC)c1C. The van der Waals surface area contributed by atoms with Crippen LogP contribution in [0.2, 0.25) is 0 Å². The first-order valence-electron chi connectivity index (χ1n) is 6.81. The summed E-state index contributed by atoms with van der Waals surface area (Å²) in [5.41, 5.74) is 3.44. The minimum atomic E-state index is -0.554. The maximum Gasteiger partial charge on any atom is 0.0969 e. The molecule has 0 aliphatic carbocycles. The van der Waals surface area contributed by atoms with Crippen LogP contribution in [0.25, 0.3) is 0 Å². The van der Waals surface area contributed by atoms with Crippen LogP contribution in [0.4, 0.5) is 0 Å². The molecule has 110 valence electrons. The highest BCUT2D eigenvalue weighted by Gasteiger charge is 2.14. The van der Waals surface area contributed by atoms with Gasteiger partial charge in [0, 0.05) is 12.8 Å². The van der Waals surface area contributed by atoms with Crippen LogP contribution < -0.4 is 0 Å². The molecule has 0 radical (unpaired) electrons. The van der Waals surface area contributed by atoms with E-state index < -0.39 is 6.10 Å². The smallest absolute Gasteiger partial charge is 0.0969 e. The van der Waals surface area contributed by atoms with Crippen molar-refractivity contribution in [3.63, 3.8) is 0 Å². The largest absolute Gasteiger partial charge is 0.389 e. The second-order valence-electron chi connectivity index (χ2n) is 4.94. The van der Waals surface area contributed by atoms with E-state index in [1.807, 2.05) is 25.5 Å². The second kappa shape index (κ2) is 7.62.